The molecule has 1 aromatic rings. The first-order chi connectivity index (χ1) is 8.25. The summed E-state index contributed by atoms with van der Waals surface area (Å²) in [7, 11) is 0. The summed E-state index contributed by atoms with van der Waals surface area (Å²) in [4.78, 5) is 14.2. The molecule has 0 aromatic heterocycles. The number of hydrogen-bond acceptors (Lipinski definition) is 3. The van der Waals surface area contributed by atoms with Gasteiger partial charge in [-0.3, -0.25) is 4.79 Å². The second-order valence-corrected chi connectivity index (χ2v) is 4.71. The Morgan fingerprint density at radius 2 is 1.94 bits per heavy atom. The molecule has 0 atom stereocenters. The molecule has 2 bridgehead atoms. The number of piperidine rings is 3. The normalized spacial score (nSPS) is 22.5. The van der Waals surface area contributed by atoms with Gasteiger partial charge in [0.2, 0.25) is 0 Å². The minimum absolute atomic E-state index is 0.206. The molecular weight excluding hydrogens is 214 g/mol. The van der Waals surface area contributed by atoms with E-state index in [1.54, 1.807) is 12.1 Å². The highest BCUT2D eigenvalue weighted by atomic mass is 16.3. The van der Waals surface area contributed by atoms with Crippen molar-refractivity contribution in [1.29, 1.82) is 0 Å². The van der Waals surface area contributed by atoms with E-state index in [0.29, 0.717) is 0 Å². The Morgan fingerprint density at radius 3 is 2.59 bits per heavy atom. The average Bonchev–Trinajstić information content (AvgIpc) is 2.36. The summed E-state index contributed by atoms with van der Waals surface area (Å²) in [5.74, 6) is 0.679. The Morgan fingerprint density at radius 1 is 1.24 bits per heavy atom. The summed E-state index contributed by atoms with van der Waals surface area (Å²) in [5, 5.41) is 9.72. The molecule has 0 unspecified atom stereocenters. The zero-order chi connectivity index (χ0) is 11.8. The lowest BCUT2D eigenvalue weighted by Crippen LogP contribution is -2.45. The lowest BCUT2D eigenvalue weighted by Gasteiger charge is -2.41. The molecule has 3 saturated heterocycles. The van der Waals surface area contributed by atoms with Crippen molar-refractivity contribution in [3.05, 3.63) is 35.5 Å². The van der Waals surface area contributed by atoms with Crippen LogP contribution in [0, 0.1) is 5.92 Å². The summed E-state index contributed by atoms with van der Waals surface area (Å²) < 4.78 is 0. The van der Waals surface area contributed by atoms with Gasteiger partial charge in [-0.25, -0.2) is 0 Å². The van der Waals surface area contributed by atoms with Gasteiger partial charge in [0.1, 0.15) is 5.75 Å². The van der Waals surface area contributed by atoms with Crippen LogP contribution in [0.25, 0.3) is 6.08 Å². The Labute approximate surface area is 100 Å². The maximum Gasteiger partial charge on any atom is 0.182 e. The molecule has 0 spiro atoms. The number of rotatable bonds is 1. The third-order valence-corrected chi connectivity index (χ3v) is 3.69. The van der Waals surface area contributed by atoms with Crippen molar-refractivity contribution < 1.29 is 9.90 Å². The fraction of sp³-hybridized carbons (Fsp3) is 0.357. The first kappa shape index (κ1) is 10.4. The molecule has 1 N–H and O–H groups in total. The number of hydrogen-bond donors (Lipinski definition) is 1. The number of aromatic hydroxyl groups is 1. The quantitative estimate of drug-likeness (QED) is 0.749. The number of para-hydroxylation sites is 1. The molecule has 0 aliphatic carbocycles. The van der Waals surface area contributed by atoms with E-state index >= 15 is 0 Å². The number of benzene rings is 1. The van der Waals surface area contributed by atoms with Crippen LogP contribution in [-0.2, 0) is 4.79 Å². The number of phenols is 1. The van der Waals surface area contributed by atoms with Crippen LogP contribution in [0.3, 0.4) is 0 Å². The molecule has 3 nitrogen and oxygen atoms in total. The van der Waals surface area contributed by atoms with Crippen molar-refractivity contribution in [2.45, 2.75) is 12.8 Å². The highest BCUT2D eigenvalue weighted by Gasteiger charge is 2.36. The molecule has 0 radical (unpaired) electrons. The zero-order valence-corrected chi connectivity index (χ0v) is 9.60. The van der Waals surface area contributed by atoms with Crippen LogP contribution >= 0.6 is 0 Å². The number of phenolic OH excluding ortho intramolecular Hbond substituents is 1. The van der Waals surface area contributed by atoms with Crippen LogP contribution in [0.4, 0.5) is 0 Å². The lowest BCUT2D eigenvalue weighted by atomic mass is 9.84. The number of allylic oxidation sites excluding steroid dienone is 1. The third-order valence-electron chi connectivity index (χ3n) is 3.69. The Balaban J connectivity index is 1.99. The highest BCUT2D eigenvalue weighted by Crippen LogP contribution is 2.33. The van der Waals surface area contributed by atoms with Crippen molar-refractivity contribution in [3.8, 4) is 5.75 Å². The third kappa shape index (κ3) is 1.71. The fourth-order valence-corrected chi connectivity index (χ4v) is 2.67. The average molecular weight is 229 g/mol. The van der Waals surface area contributed by atoms with E-state index in [4.69, 9.17) is 0 Å². The van der Waals surface area contributed by atoms with Crippen molar-refractivity contribution >= 4 is 11.9 Å². The Bertz CT molecular complexity index is 485. The molecule has 3 heterocycles. The molecule has 0 amide bonds. The van der Waals surface area contributed by atoms with Crippen LogP contribution in [0.1, 0.15) is 18.4 Å². The van der Waals surface area contributed by atoms with Gasteiger partial charge < -0.3 is 10.0 Å². The molecule has 4 rings (SSSR count). The standard InChI is InChI=1S/C14H15NO2/c16-13-4-2-1-3-11(13)9-12-14(17)10-5-7-15(12)8-6-10/h1-4,9-10,16H,5-8H2/b12-9+. The van der Waals surface area contributed by atoms with Gasteiger partial charge in [-0.2, -0.15) is 0 Å². The van der Waals surface area contributed by atoms with E-state index in [2.05, 4.69) is 4.90 Å². The zero-order valence-electron chi connectivity index (χ0n) is 9.60. The molecule has 17 heavy (non-hydrogen) atoms. The second-order valence-electron chi connectivity index (χ2n) is 4.71. The summed E-state index contributed by atoms with van der Waals surface area (Å²) in [5.41, 5.74) is 1.50. The van der Waals surface area contributed by atoms with E-state index < -0.39 is 0 Å². The van der Waals surface area contributed by atoms with E-state index in [1.807, 2.05) is 18.2 Å². The number of ketones is 1. The van der Waals surface area contributed by atoms with Gasteiger partial charge >= 0.3 is 0 Å². The molecule has 0 saturated carbocycles. The van der Waals surface area contributed by atoms with Gasteiger partial charge in [-0.1, -0.05) is 18.2 Å². The molecule has 1 aromatic carbocycles. The Kier molecular flexibility index (Phi) is 2.39. The van der Waals surface area contributed by atoms with Crippen LogP contribution in [0.2, 0.25) is 0 Å². The smallest absolute Gasteiger partial charge is 0.182 e. The summed E-state index contributed by atoms with van der Waals surface area (Å²) in [6.45, 7) is 1.94. The van der Waals surface area contributed by atoms with Crippen LogP contribution in [-0.4, -0.2) is 28.9 Å². The van der Waals surface area contributed by atoms with Crippen LogP contribution < -0.4 is 0 Å². The molecule has 3 fully saturated rings. The minimum atomic E-state index is 0.206. The molecule has 3 heteroatoms. The van der Waals surface area contributed by atoms with E-state index in [-0.39, 0.29) is 17.5 Å². The van der Waals surface area contributed by atoms with Gasteiger partial charge in [0, 0.05) is 24.6 Å². The van der Waals surface area contributed by atoms with Gasteiger partial charge in [0.05, 0.1) is 5.70 Å². The highest BCUT2D eigenvalue weighted by molar-refractivity contribution is 6.02. The van der Waals surface area contributed by atoms with Gasteiger partial charge in [-0.15, -0.1) is 0 Å². The topological polar surface area (TPSA) is 40.5 Å². The molecular formula is C14H15NO2. The van der Waals surface area contributed by atoms with Gasteiger partial charge in [0.15, 0.2) is 5.78 Å². The van der Waals surface area contributed by atoms with Crippen molar-refractivity contribution in [2.75, 3.05) is 13.1 Å². The second kappa shape index (κ2) is 3.91. The number of Topliss-reactive ketones (excluding diaryl/α,β-unsaturated/α-hetero) is 1. The largest absolute Gasteiger partial charge is 0.507 e. The first-order valence-electron chi connectivity index (χ1n) is 6.04. The Hall–Kier alpha value is -1.77. The lowest BCUT2D eigenvalue weighted by molar-refractivity contribution is -0.125. The first-order valence-corrected chi connectivity index (χ1v) is 6.04. The van der Waals surface area contributed by atoms with E-state index in [9.17, 15) is 9.90 Å². The maximum atomic E-state index is 12.1. The maximum absolute atomic E-state index is 12.1. The number of fused-ring (bicyclic) bond motifs is 3. The van der Waals surface area contributed by atoms with Crippen molar-refractivity contribution in [2.24, 2.45) is 5.92 Å². The predicted octanol–water partition coefficient (Wildman–Crippen LogP) is 2.03. The number of carbonyl (C=O) groups excluding carboxylic acids is 1. The summed E-state index contributed by atoms with van der Waals surface area (Å²) >= 11 is 0. The predicted molar refractivity (Wildman–Crippen MR) is 65.4 cm³/mol. The van der Waals surface area contributed by atoms with E-state index in [1.165, 1.54) is 0 Å². The summed E-state index contributed by atoms with van der Waals surface area (Å²) in [6.07, 6.45) is 3.79. The van der Waals surface area contributed by atoms with Gasteiger partial charge in [-0.05, 0) is 25.0 Å². The van der Waals surface area contributed by atoms with Crippen LogP contribution in [0.5, 0.6) is 5.75 Å². The summed E-state index contributed by atoms with van der Waals surface area (Å²) in [6, 6.07) is 7.13. The molecule has 3 aliphatic heterocycles. The van der Waals surface area contributed by atoms with Crippen LogP contribution in [0.15, 0.2) is 30.0 Å². The number of carbonyl (C=O) groups is 1. The molecule has 3 aliphatic rings. The fourth-order valence-electron chi connectivity index (χ4n) is 2.67. The van der Waals surface area contributed by atoms with Crippen molar-refractivity contribution in [1.82, 2.24) is 4.90 Å². The number of nitrogens with zero attached hydrogens (tertiary/aromatic N) is 1. The SMILES string of the molecule is O=C1/C(=C\c2ccccc2O)N2CCC1CC2. The monoisotopic (exact) mass is 229 g/mol. The van der Waals surface area contributed by atoms with E-state index in [0.717, 1.165) is 37.2 Å². The minimum Gasteiger partial charge on any atom is -0.507 e. The van der Waals surface area contributed by atoms with Gasteiger partial charge in [0.25, 0.3) is 0 Å². The van der Waals surface area contributed by atoms with Crippen molar-refractivity contribution in [3.63, 3.8) is 0 Å². The molecule has 88 valence electrons.